The van der Waals surface area contributed by atoms with E-state index in [9.17, 15) is 4.79 Å². The summed E-state index contributed by atoms with van der Waals surface area (Å²) < 4.78 is 10.8. The molecule has 1 aliphatic rings. The molecule has 0 bridgehead atoms. The Morgan fingerprint density at radius 3 is 3.21 bits per heavy atom. The molecule has 1 aromatic rings. The van der Waals surface area contributed by atoms with Gasteiger partial charge in [-0.25, -0.2) is 0 Å². The number of amides is 1. The van der Waals surface area contributed by atoms with Crippen LogP contribution in [0.4, 0.5) is 5.69 Å². The molecule has 1 aromatic heterocycles. The van der Waals surface area contributed by atoms with E-state index in [1.165, 1.54) is 11.3 Å². The van der Waals surface area contributed by atoms with Crippen molar-refractivity contribution in [2.24, 2.45) is 0 Å². The van der Waals surface area contributed by atoms with Gasteiger partial charge in [0.2, 0.25) is 0 Å². The van der Waals surface area contributed by atoms with Crippen LogP contribution >= 0.6 is 11.3 Å². The lowest BCUT2D eigenvalue weighted by molar-refractivity contribution is -0.0737. The molecule has 0 spiro atoms. The Hall–Kier alpha value is -1.15. The zero-order chi connectivity index (χ0) is 13.7. The minimum Gasteiger partial charge on any atom is -0.397 e. The highest BCUT2D eigenvalue weighted by molar-refractivity contribution is 7.12. The summed E-state index contributed by atoms with van der Waals surface area (Å²) in [5.74, 6) is -0.183. The predicted molar refractivity (Wildman–Crippen MR) is 72.2 cm³/mol. The molecule has 0 saturated carbocycles. The summed E-state index contributed by atoms with van der Waals surface area (Å²) in [6, 6.07) is 1.60. The molecular formula is C12H18N2O4S. The number of rotatable bonds is 5. The number of hydrogen-bond acceptors (Lipinski definition) is 6. The third-order valence-electron chi connectivity index (χ3n) is 2.95. The highest BCUT2D eigenvalue weighted by Gasteiger charge is 2.28. The smallest absolute Gasteiger partial charge is 0.263 e. The lowest BCUT2D eigenvalue weighted by Gasteiger charge is -2.31. The van der Waals surface area contributed by atoms with E-state index in [2.05, 4.69) is 5.32 Å². The molecule has 0 aromatic carbocycles. The maximum absolute atomic E-state index is 12.1. The minimum absolute atomic E-state index is 0.0466. The Balaban J connectivity index is 1.95. The number of carbonyl (C=O) groups is 1. The van der Waals surface area contributed by atoms with Crippen molar-refractivity contribution in [1.82, 2.24) is 5.32 Å². The molecule has 2 atom stereocenters. The standard InChI is InChI=1S/C12H18N2O4S/c13-8-2-6-19-11(8)12(16)14-9-1-4-17-7-10(9)18-5-3-15/h2,6,9-10,15H,1,3-5,7,13H2,(H,14,16)/t9-,10-/m1/s1. The third kappa shape index (κ3) is 3.66. The number of aliphatic hydroxyl groups excluding tert-OH is 1. The van der Waals surface area contributed by atoms with Crippen molar-refractivity contribution in [3.8, 4) is 0 Å². The number of thiophene rings is 1. The Bertz CT molecular complexity index is 424. The van der Waals surface area contributed by atoms with Crippen molar-refractivity contribution in [1.29, 1.82) is 0 Å². The number of ether oxygens (including phenoxy) is 2. The van der Waals surface area contributed by atoms with Crippen LogP contribution in [0.15, 0.2) is 11.4 Å². The van der Waals surface area contributed by atoms with Gasteiger partial charge in [-0.3, -0.25) is 4.79 Å². The van der Waals surface area contributed by atoms with Crippen molar-refractivity contribution in [3.63, 3.8) is 0 Å². The van der Waals surface area contributed by atoms with Crippen LogP contribution in [0.5, 0.6) is 0 Å². The zero-order valence-corrected chi connectivity index (χ0v) is 11.3. The van der Waals surface area contributed by atoms with Gasteiger partial charge >= 0.3 is 0 Å². The molecule has 1 aliphatic heterocycles. The van der Waals surface area contributed by atoms with E-state index in [4.69, 9.17) is 20.3 Å². The second kappa shape index (κ2) is 6.85. The molecule has 2 heterocycles. The van der Waals surface area contributed by atoms with Crippen LogP contribution in [-0.2, 0) is 9.47 Å². The van der Waals surface area contributed by atoms with Gasteiger partial charge in [0.25, 0.3) is 5.91 Å². The van der Waals surface area contributed by atoms with E-state index in [0.717, 1.165) is 0 Å². The molecule has 4 N–H and O–H groups in total. The first-order valence-corrected chi connectivity index (χ1v) is 7.04. The van der Waals surface area contributed by atoms with Crippen molar-refractivity contribution in [2.75, 3.05) is 32.2 Å². The fourth-order valence-electron chi connectivity index (χ4n) is 1.98. The molecule has 0 aliphatic carbocycles. The van der Waals surface area contributed by atoms with E-state index in [-0.39, 0.29) is 31.3 Å². The van der Waals surface area contributed by atoms with Crippen LogP contribution in [-0.4, -0.2) is 49.6 Å². The van der Waals surface area contributed by atoms with Gasteiger partial charge in [0.05, 0.1) is 31.5 Å². The quantitative estimate of drug-likeness (QED) is 0.720. The van der Waals surface area contributed by atoms with Gasteiger partial charge in [-0.1, -0.05) is 0 Å². The maximum Gasteiger partial charge on any atom is 0.263 e. The maximum atomic E-state index is 12.1. The topological polar surface area (TPSA) is 93.8 Å². The summed E-state index contributed by atoms with van der Waals surface area (Å²) >= 11 is 1.32. The van der Waals surface area contributed by atoms with E-state index < -0.39 is 0 Å². The Morgan fingerprint density at radius 1 is 1.68 bits per heavy atom. The molecule has 7 heteroatoms. The van der Waals surface area contributed by atoms with Gasteiger partial charge in [0.1, 0.15) is 11.0 Å². The molecule has 6 nitrogen and oxygen atoms in total. The van der Waals surface area contributed by atoms with Crippen molar-refractivity contribution < 1.29 is 19.4 Å². The number of aliphatic hydroxyl groups is 1. The van der Waals surface area contributed by atoms with Crippen LogP contribution in [0.2, 0.25) is 0 Å². The molecule has 19 heavy (non-hydrogen) atoms. The molecular weight excluding hydrogens is 268 g/mol. The van der Waals surface area contributed by atoms with Crippen molar-refractivity contribution in [3.05, 3.63) is 16.3 Å². The summed E-state index contributed by atoms with van der Waals surface area (Å²) in [6.07, 6.45) is 0.457. The third-order valence-corrected chi connectivity index (χ3v) is 3.87. The number of anilines is 1. The predicted octanol–water partition coefficient (Wildman–Crippen LogP) is 0.226. The second-order valence-corrected chi connectivity index (χ2v) is 5.20. The monoisotopic (exact) mass is 286 g/mol. The molecule has 106 valence electrons. The van der Waals surface area contributed by atoms with Crippen molar-refractivity contribution >= 4 is 22.9 Å². The van der Waals surface area contributed by atoms with Gasteiger partial charge in [0, 0.05) is 6.61 Å². The highest BCUT2D eigenvalue weighted by Crippen LogP contribution is 2.20. The zero-order valence-electron chi connectivity index (χ0n) is 10.5. The van der Waals surface area contributed by atoms with Gasteiger partial charge in [0.15, 0.2) is 0 Å². The number of hydrogen-bond donors (Lipinski definition) is 3. The second-order valence-electron chi connectivity index (χ2n) is 4.28. The largest absolute Gasteiger partial charge is 0.397 e. The number of nitrogens with one attached hydrogen (secondary N) is 1. The first kappa shape index (κ1) is 14.3. The Morgan fingerprint density at radius 2 is 2.53 bits per heavy atom. The number of nitrogen functional groups attached to an aromatic ring is 1. The fraction of sp³-hybridized carbons (Fsp3) is 0.583. The molecule has 1 fully saturated rings. The SMILES string of the molecule is Nc1ccsc1C(=O)N[C@@H]1CCOC[C@H]1OCCO. The fourth-order valence-corrected chi connectivity index (χ4v) is 2.70. The molecule has 0 unspecified atom stereocenters. The van der Waals surface area contributed by atoms with Gasteiger partial charge < -0.3 is 25.6 Å². The van der Waals surface area contributed by atoms with Gasteiger partial charge in [-0.15, -0.1) is 11.3 Å². The van der Waals surface area contributed by atoms with Crippen LogP contribution in [0.25, 0.3) is 0 Å². The van der Waals surface area contributed by atoms with Crippen LogP contribution < -0.4 is 11.1 Å². The molecule has 1 saturated heterocycles. The number of carbonyl (C=O) groups excluding carboxylic acids is 1. The molecule has 0 radical (unpaired) electrons. The Kier molecular flexibility index (Phi) is 5.15. The Labute approximate surface area is 115 Å². The summed E-state index contributed by atoms with van der Waals surface area (Å²) in [4.78, 5) is 12.6. The molecule has 1 amide bonds. The van der Waals surface area contributed by atoms with Crippen LogP contribution in [0, 0.1) is 0 Å². The summed E-state index contributed by atoms with van der Waals surface area (Å²) in [7, 11) is 0. The van der Waals surface area contributed by atoms with E-state index in [1.54, 1.807) is 11.4 Å². The van der Waals surface area contributed by atoms with E-state index >= 15 is 0 Å². The summed E-state index contributed by atoms with van der Waals surface area (Å²) in [5, 5.41) is 13.5. The van der Waals surface area contributed by atoms with Crippen LogP contribution in [0.3, 0.4) is 0 Å². The average Bonchev–Trinajstić information content (AvgIpc) is 2.84. The van der Waals surface area contributed by atoms with E-state index in [1.807, 2.05) is 0 Å². The average molecular weight is 286 g/mol. The molecule has 2 rings (SSSR count). The normalized spacial score (nSPS) is 23.2. The first-order chi connectivity index (χ1) is 9.22. The minimum atomic E-state index is -0.231. The summed E-state index contributed by atoms with van der Waals surface area (Å²) in [6.45, 7) is 1.20. The number of nitrogens with two attached hydrogens (primary N) is 1. The highest BCUT2D eigenvalue weighted by atomic mass is 32.1. The summed E-state index contributed by atoms with van der Waals surface area (Å²) in [5.41, 5.74) is 6.21. The lowest BCUT2D eigenvalue weighted by Crippen LogP contribution is -2.50. The lowest BCUT2D eigenvalue weighted by atomic mass is 10.1. The van der Waals surface area contributed by atoms with Crippen molar-refractivity contribution in [2.45, 2.75) is 18.6 Å². The first-order valence-electron chi connectivity index (χ1n) is 6.16. The van der Waals surface area contributed by atoms with Gasteiger partial charge in [-0.05, 0) is 17.9 Å². The van der Waals surface area contributed by atoms with E-state index in [0.29, 0.717) is 30.2 Å². The van der Waals surface area contributed by atoms with Crippen LogP contribution in [0.1, 0.15) is 16.1 Å². The van der Waals surface area contributed by atoms with Gasteiger partial charge in [-0.2, -0.15) is 0 Å².